The Hall–Kier alpha value is 0.761. The van der Waals surface area contributed by atoms with Gasteiger partial charge in [0.05, 0.1) is 0 Å². The van der Waals surface area contributed by atoms with E-state index in [-0.39, 0.29) is 0 Å². The summed E-state index contributed by atoms with van der Waals surface area (Å²) in [5.74, 6) is 0. The van der Waals surface area contributed by atoms with Crippen molar-refractivity contribution in [1.82, 2.24) is 0 Å². The van der Waals surface area contributed by atoms with Crippen LogP contribution >= 0.6 is 7.82 Å². The summed E-state index contributed by atoms with van der Waals surface area (Å²) in [7, 11) is -0.593. The van der Waals surface area contributed by atoms with Crippen molar-refractivity contribution in [3.05, 3.63) is 0 Å². The topological polar surface area (TPSA) is 77.8 Å². The second-order valence-electron chi connectivity index (χ2n) is 5.71. The Morgan fingerprint density at radius 3 is 0.706 bits per heavy atom. The molecule has 0 aromatic heterocycles. The standard InChI is InChI=1S/3C3H10Si.H3O4P/c3*1-3(2)4;1-5(2,3)4/h3*3H,1-2,4H3;(H3,1,2,3,4). The quantitative estimate of drug-likeness (QED) is 0.420. The first-order valence-corrected chi connectivity index (χ1v) is 11.0. The fourth-order valence-corrected chi connectivity index (χ4v) is 0. The first kappa shape index (κ1) is 26.3. The van der Waals surface area contributed by atoms with Gasteiger partial charge in [-0.1, -0.05) is 58.2 Å². The summed E-state index contributed by atoms with van der Waals surface area (Å²) in [6, 6.07) is 0. The smallest absolute Gasteiger partial charge is 0.303 e. The summed E-state index contributed by atoms with van der Waals surface area (Å²) < 4.78 is 8.88. The summed E-state index contributed by atoms with van der Waals surface area (Å²) in [4.78, 5) is 21.6. The first-order chi connectivity index (χ1) is 7.20. The predicted molar refractivity (Wildman–Crippen MR) is 89.4 cm³/mol. The van der Waals surface area contributed by atoms with E-state index in [4.69, 9.17) is 19.2 Å². The van der Waals surface area contributed by atoms with Crippen LogP contribution in [0.4, 0.5) is 0 Å². The minimum atomic E-state index is -4.64. The molecule has 0 atom stereocenters. The monoisotopic (exact) mass is 320 g/mol. The van der Waals surface area contributed by atoms with E-state index in [0.717, 1.165) is 16.6 Å². The van der Waals surface area contributed by atoms with Gasteiger partial charge in [-0.2, -0.15) is 0 Å². The minimum absolute atomic E-state index is 0.972. The molecule has 17 heavy (non-hydrogen) atoms. The summed E-state index contributed by atoms with van der Waals surface area (Å²) >= 11 is 0. The van der Waals surface area contributed by atoms with E-state index in [9.17, 15) is 0 Å². The van der Waals surface area contributed by atoms with Crippen molar-refractivity contribution in [2.24, 2.45) is 0 Å². The average Bonchev–Trinajstić information content (AvgIpc) is 1.73. The highest BCUT2D eigenvalue weighted by atomic mass is 31.2. The normalized spacial score (nSPS) is 10.4. The van der Waals surface area contributed by atoms with E-state index in [0.29, 0.717) is 0 Å². The van der Waals surface area contributed by atoms with Crippen molar-refractivity contribution in [2.75, 3.05) is 0 Å². The molecular formula is C9H33O4PSi3. The van der Waals surface area contributed by atoms with Gasteiger partial charge in [0.25, 0.3) is 0 Å². The summed E-state index contributed by atoms with van der Waals surface area (Å²) in [5.41, 5.74) is 2.92. The number of rotatable bonds is 0. The molecule has 0 saturated heterocycles. The molecule has 0 saturated carbocycles. The Balaban J connectivity index is -0.0000000667. The van der Waals surface area contributed by atoms with Crippen molar-refractivity contribution in [1.29, 1.82) is 0 Å². The Kier molecular flexibility index (Phi) is 26.0. The third-order valence-electron chi connectivity index (χ3n) is 0. The van der Waals surface area contributed by atoms with Crippen LogP contribution in [0, 0.1) is 0 Å². The van der Waals surface area contributed by atoms with E-state index in [1.54, 1.807) is 0 Å². The van der Waals surface area contributed by atoms with E-state index in [1.807, 2.05) is 0 Å². The van der Waals surface area contributed by atoms with Gasteiger partial charge in [0, 0.05) is 30.7 Å². The summed E-state index contributed by atoms with van der Waals surface area (Å²) in [6.07, 6.45) is 0. The molecule has 0 bridgehead atoms. The maximum atomic E-state index is 8.88. The summed E-state index contributed by atoms with van der Waals surface area (Å²) in [5, 5.41) is 0. The molecule has 0 aliphatic heterocycles. The van der Waals surface area contributed by atoms with Gasteiger partial charge >= 0.3 is 7.82 Å². The molecule has 0 aromatic rings. The lowest BCUT2D eigenvalue weighted by Gasteiger charge is -1.82. The van der Waals surface area contributed by atoms with Gasteiger partial charge in [-0.25, -0.2) is 4.57 Å². The largest absolute Gasteiger partial charge is 0.466 e. The minimum Gasteiger partial charge on any atom is -0.303 e. The van der Waals surface area contributed by atoms with E-state index < -0.39 is 7.82 Å². The Labute approximate surface area is 116 Å². The lowest BCUT2D eigenvalue weighted by Crippen LogP contribution is -1.67. The molecule has 0 amide bonds. The Morgan fingerprint density at radius 2 is 0.706 bits per heavy atom. The SMILES string of the molecule is CC(C)[SiH3].CC(C)[SiH3].CC(C)[SiH3].O=P(O)(O)O. The van der Waals surface area contributed by atoms with Crippen LogP contribution in [0.15, 0.2) is 0 Å². The molecule has 0 radical (unpaired) electrons. The summed E-state index contributed by atoms with van der Waals surface area (Å²) in [6.45, 7) is 13.4. The highest BCUT2D eigenvalue weighted by Crippen LogP contribution is 2.25. The molecular weight excluding hydrogens is 287 g/mol. The number of hydrogen-bond donors (Lipinski definition) is 3. The van der Waals surface area contributed by atoms with Crippen LogP contribution in [0.5, 0.6) is 0 Å². The number of hydrogen-bond acceptors (Lipinski definition) is 1. The van der Waals surface area contributed by atoms with Crippen LogP contribution in [-0.4, -0.2) is 45.4 Å². The van der Waals surface area contributed by atoms with Gasteiger partial charge in [0.2, 0.25) is 0 Å². The van der Waals surface area contributed by atoms with Crippen LogP contribution in [-0.2, 0) is 4.57 Å². The molecule has 0 aromatic carbocycles. The van der Waals surface area contributed by atoms with Crippen LogP contribution in [0.25, 0.3) is 0 Å². The van der Waals surface area contributed by atoms with Gasteiger partial charge in [-0.15, -0.1) is 0 Å². The van der Waals surface area contributed by atoms with Crippen LogP contribution < -0.4 is 0 Å². The van der Waals surface area contributed by atoms with Crippen LogP contribution in [0.3, 0.4) is 0 Å². The fraction of sp³-hybridized carbons (Fsp3) is 1.00. The molecule has 0 spiro atoms. The van der Waals surface area contributed by atoms with Gasteiger partial charge < -0.3 is 14.7 Å². The molecule has 110 valence electrons. The molecule has 0 unspecified atom stereocenters. The van der Waals surface area contributed by atoms with Gasteiger partial charge in [-0.05, 0) is 0 Å². The molecule has 8 heteroatoms. The molecule has 0 aliphatic rings. The molecule has 3 N–H and O–H groups in total. The third kappa shape index (κ3) is 6310. The van der Waals surface area contributed by atoms with Gasteiger partial charge in [0.15, 0.2) is 0 Å². The van der Waals surface area contributed by atoms with Gasteiger partial charge in [-0.3, -0.25) is 0 Å². The Bertz CT molecular complexity index is 141. The van der Waals surface area contributed by atoms with Crippen molar-refractivity contribution in [2.45, 2.75) is 58.2 Å². The lowest BCUT2D eigenvalue weighted by molar-refractivity contribution is 0.275. The highest BCUT2D eigenvalue weighted by Gasteiger charge is 2.00. The lowest BCUT2D eigenvalue weighted by atomic mass is 10.6. The fourth-order valence-electron chi connectivity index (χ4n) is 0. The van der Waals surface area contributed by atoms with Crippen LogP contribution in [0.2, 0.25) is 16.6 Å². The molecule has 0 fully saturated rings. The van der Waals surface area contributed by atoms with Gasteiger partial charge in [0.1, 0.15) is 0 Å². The molecule has 4 nitrogen and oxygen atoms in total. The second kappa shape index (κ2) is 16.8. The predicted octanol–water partition coefficient (Wildman–Crippen LogP) is -0.388. The second-order valence-corrected chi connectivity index (χ2v) is 13.7. The zero-order chi connectivity index (χ0) is 15.2. The molecule has 0 aliphatic carbocycles. The molecule has 0 heterocycles. The van der Waals surface area contributed by atoms with Crippen molar-refractivity contribution < 1.29 is 19.2 Å². The van der Waals surface area contributed by atoms with Crippen molar-refractivity contribution in [3.63, 3.8) is 0 Å². The van der Waals surface area contributed by atoms with E-state index >= 15 is 0 Å². The van der Waals surface area contributed by atoms with Crippen molar-refractivity contribution >= 4 is 38.6 Å². The Morgan fingerprint density at radius 1 is 0.706 bits per heavy atom. The first-order valence-electron chi connectivity index (χ1n) is 5.98. The number of phosphoric acid groups is 1. The zero-order valence-corrected chi connectivity index (χ0v) is 19.8. The zero-order valence-electron chi connectivity index (χ0n) is 12.9. The maximum absolute atomic E-state index is 8.88. The van der Waals surface area contributed by atoms with E-state index in [1.165, 1.54) is 30.7 Å². The molecule has 0 rings (SSSR count). The maximum Gasteiger partial charge on any atom is 0.466 e. The average molecular weight is 321 g/mol. The van der Waals surface area contributed by atoms with E-state index in [2.05, 4.69) is 41.5 Å². The van der Waals surface area contributed by atoms with Crippen LogP contribution in [0.1, 0.15) is 41.5 Å². The third-order valence-corrected chi connectivity index (χ3v) is 0. The highest BCUT2D eigenvalue weighted by molar-refractivity contribution is 7.45. The van der Waals surface area contributed by atoms with Crippen molar-refractivity contribution in [3.8, 4) is 0 Å².